The van der Waals surface area contributed by atoms with Crippen LogP contribution in [0.1, 0.15) is 28.4 Å². The molecule has 2 unspecified atom stereocenters. The zero-order valence-electron chi connectivity index (χ0n) is 11.6. The van der Waals surface area contributed by atoms with Gasteiger partial charge in [0.05, 0.1) is 7.11 Å². The minimum absolute atomic E-state index is 0.00642. The van der Waals surface area contributed by atoms with Gasteiger partial charge >= 0.3 is 0 Å². The third kappa shape index (κ3) is 2.67. The minimum atomic E-state index is -0.380. The first kappa shape index (κ1) is 13.4. The summed E-state index contributed by atoms with van der Waals surface area (Å²) >= 11 is 0. The fraction of sp³-hybridized carbons (Fsp3) is 0.250. The first-order chi connectivity index (χ1) is 10.2. The van der Waals surface area contributed by atoms with E-state index >= 15 is 0 Å². The molecule has 0 saturated heterocycles. The van der Waals surface area contributed by atoms with Crippen molar-refractivity contribution in [3.05, 3.63) is 53.9 Å². The van der Waals surface area contributed by atoms with Crippen LogP contribution in [-0.4, -0.2) is 29.1 Å². The molecule has 1 aromatic heterocycles. The van der Waals surface area contributed by atoms with Crippen molar-refractivity contribution in [2.45, 2.75) is 18.4 Å². The number of carbonyl (C=O) groups is 1. The zero-order chi connectivity index (χ0) is 14.8. The van der Waals surface area contributed by atoms with Crippen LogP contribution in [0.25, 0.3) is 0 Å². The van der Waals surface area contributed by atoms with E-state index in [1.54, 1.807) is 0 Å². The number of benzene rings is 1. The number of amides is 1. The molecule has 2 atom stereocenters. The first-order valence-electron chi connectivity index (χ1n) is 6.78. The molecule has 1 aromatic carbocycles. The van der Waals surface area contributed by atoms with E-state index in [1.165, 1.54) is 24.9 Å². The largest absolute Gasteiger partial charge is 0.503 e. The molecule has 5 heteroatoms. The smallest absolute Gasteiger partial charge is 0.274 e. The molecule has 2 N–H and O–H groups in total. The summed E-state index contributed by atoms with van der Waals surface area (Å²) < 4.78 is 4.98. The predicted octanol–water partition coefficient (Wildman–Crippen LogP) is 2.08. The van der Waals surface area contributed by atoms with Crippen LogP contribution in [-0.2, 0) is 0 Å². The summed E-state index contributed by atoms with van der Waals surface area (Å²) in [5, 5.41) is 12.8. The van der Waals surface area contributed by atoms with Crippen LogP contribution in [0, 0.1) is 0 Å². The second-order valence-electron chi connectivity index (χ2n) is 5.04. The minimum Gasteiger partial charge on any atom is -0.503 e. The van der Waals surface area contributed by atoms with Crippen molar-refractivity contribution in [2.75, 3.05) is 7.11 Å². The van der Waals surface area contributed by atoms with Gasteiger partial charge in [-0.25, -0.2) is 4.98 Å². The summed E-state index contributed by atoms with van der Waals surface area (Å²) in [6, 6.07) is 11.7. The molecule has 5 nitrogen and oxygen atoms in total. The van der Waals surface area contributed by atoms with E-state index in [1.807, 2.05) is 18.2 Å². The van der Waals surface area contributed by atoms with E-state index in [2.05, 4.69) is 22.4 Å². The molecule has 108 valence electrons. The van der Waals surface area contributed by atoms with Crippen molar-refractivity contribution < 1.29 is 14.6 Å². The number of hydrogen-bond donors (Lipinski definition) is 2. The molecule has 0 spiro atoms. The van der Waals surface area contributed by atoms with Gasteiger partial charge in [0.1, 0.15) is 0 Å². The summed E-state index contributed by atoms with van der Waals surface area (Å²) in [6.45, 7) is 0. The van der Waals surface area contributed by atoms with E-state index in [4.69, 9.17) is 4.74 Å². The average molecular weight is 284 g/mol. The Morgan fingerprint density at radius 1 is 1.33 bits per heavy atom. The number of rotatable bonds is 4. The van der Waals surface area contributed by atoms with Crippen molar-refractivity contribution >= 4 is 5.91 Å². The number of aromatic nitrogens is 1. The third-order valence-electron chi connectivity index (χ3n) is 3.66. The van der Waals surface area contributed by atoms with Gasteiger partial charge in [-0.1, -0.05) is 30.3 Å². The summed E-state index contributed by atoms with van der Waals surface area (Å²) in [5.74, 6) is -0.0299. The lowest BCUT2D eigenvalue weighted by molar-refractivity contribution is 0.0941. The van der Waals surface area contributed by atoms with Crippen LogP contribution < -0.4 is 10.1 Å². The highest BCUT2D eigenvalue weighted by Crippen LogP contribution is 2.41. The molecule has 0 bridgehead atoms. The number of nitrogens with zero attached hydrogens (tertiary/aromatic N) is 1. The summed E-state index contributed by atoms with van der Waals surface area (Å²) in [5.41, 5.74) is 1.21. The molecule has 1 saturated carbocycles. The van der Waals surface area contributed by atoms with Crippen molar-refractivity contribution in [3.63, 3.8) is 0 Å². The second kappa shape index (κ2) is 5.44. The number of nitrogens with one attached hydrogen (secondary N) is 1. The molecule has 1 heterocycles. The van der Waals surface area contributed by atoms with Crippen molar-refractivity contribution in [1.29, 1.82) is 0 Å². The Morgan fingerprint density at radius 3 is 2.81 bits per heavy atom. The van der Waals surface area contributed by atoms with Gasteiger partial charge in [-0.15, -0.1) is 0 Å². The summed E-state index contributed by atoms with van der Waals surface area (Å²) in [6.07, 6.45) is 2.34. The van der Waals surface area contributed by atoms with Crippen molar-refractivity contribution in [3.8, 4) is 11.5 Å². The van der Waals surface area contributed by atoms with E-state index in [9.17, 15) is 9.90 Å². The predicted molar refractivity (Wildman–Crippen MR) is 77.5 cm³/mol. The lowest BCUT2D eigenvalue weighted by atomic mass is 10.1. The number of aromatic hydroxyl groups is 1. The van der Waals surface area contributed by atoms with Crippen molar-refractivity contribution in [2.24, 2.45) is 0 Å². The molecule has 0 aliphatic heterocycles. The molecular weight excluding hydrogens is 268 g/mol. The highest BCUT2D eigenvalue weighted by atomic mass is 16.5. The Hall–Kier alpha value is -2.56. The van der Waals surface area contributed by atoms with Gasteiger partial charge in [0.25, 0.3) is 5.91 Å². The Morgan fingerprint density at radius 2 is 2.10 bits per heavy atom. The summed E-state index contributed by atoms with van der Waals surface area (Å²) in [4.78, 5) is 16.1. The van der Waals surface area contributed by atoms with Gasteiger partial charge in [0.15, 0.2) is 17.2 Å². The highest BCUT2D eigenvalue weighted by molar-refractivity contribution is 5.96. The van der Waals surface area contributed by atoms with Crippen LogP contribution >= 0.6 is 0 Å². The Kier molecular flexibility index (Phi) is 3.48. The molecule has 1 aliphatic carbocycles. The fourth-order valence-corrected chi connectivity index (χ4v) is 2.43. The maximum absolute atomic E-state index is 12.2. The van der Waals surface area contributed by atoms with Crippen LogP contribution in [0.3, 0.4) is 0 Å². The van der Waals surface area contributed by atoms with Crippen LogP contribution in [0.15, 0.2) is 42.6 Å². The fourth-order valence-electron chi connectivity index (χ4n) is 2.43. The van der Waals surface area contributed by atoms with E-state index in [0.717, 1.165) is 6.42 Å². The number of hydrogen-bond acceptors (Lipinski definition) is 4. The van der Waals surface area contributed by atoms with Gasteiger partial charge in [-0.05, 0) is 12.0 Å². The summed E-state index contributed by atoms with van der Waals surface area (Å²) in [7, 11) is 1.43. The van der Waals surface area contributed by atoms with E-state index in [0.29, 0.717) is 5.92 Å². The normalized spacial score (nSPS) is 19.9. The van der Waals surface area contributed by atoms with Gasteiger partial charge in [0, 0.05) is 24.2 Å². The molecule has 0 radical (unpaired) electrons. The quantitative estimate of drug-likeness (QED) is 0.901. The second-order valence-corrected chi connectivity index (χ2v) is 5.04. The zero-order valence-corrected chi connectivity index (χ0v) is 11.6. The maximum Gasteiger partial charge on any atom is 0.274 e. The van der Waals surface area contributed by atoms with Gasteiger partial charge in [0.2, 0.25) is 0 Å². The lowest BCUT2D eigenvalue weighted by Gasteiger charge is -2.08. The van der Waals surface area contributed by atoms with Crippen LogP contribution in [0.4, 0.5) is 0 Å². The molecule has 1 aliphatic rings. The SMILES string of the molecule is COc1ccnc(C(=O)NC2CC2c2ccccc2)c1O. The molecule has 2 aromatic rings. The molecule has 21 heavy (non-hydrogen) atoms. The molecular formula is C16H16N2O3. The monoisotopic (exact) mass is 284 g/mol. The third-order valence-corrected chi connectivity index (χ3v) is 3.66. The molecule has 1 fully saturated rings. The Bertz CT molecular complexity index is 658. The Balaban J connectivity index is 1.69. The van der Waals surface area contributed by atoms with E-state index in [-0.39, 0.29) is 29.1 Å². The van der Waals surface area contributed by atoms with Gasteiger partial charge < -0.3 is 15.2 Å². The molecule has 3 rings (SSSR count). The lowest BCUT2D eigenvalue weighted by Crippen LogP contribution is -2.27. The number of carbonyl (C=O) groups excluding carboxylic acids is 1. The molecule has 1 amide bonds. The van der Waals surface area contributed by atoms with Crippen LogP contribution in [0.2, 0.25) is 0 Å². The highest BCUT2D eigenvalue weighted by Gasteiger charge is 2.40. The van der Waals surface area contributed by atoms with Crippen molar-refractivity contribution in [1.82, 2.24) is 10.3 Å². The van der Waals surface area contributed by atoms with Gasteiger partial charge in [-0.3, -0.25) is 4.79 Å². The van der Waals surface area contributed by atoms with Crippen LogP contribution in [0.5, 0.6) is 11.5 Å². The average Bonchev–Trinajstić information content (AvgIpc) is 3.27. The maximum atomic E-state index is 12.2. The Labute approximate surface area is 122 Å². The number of pyridine rings is 1. The first-order valence-corrected chi connectivity index (χ1v) is 6.78. The van der Waals surface area contributed by atoms with Gasteiger partial charge in [-0.2, -0.15) is 0 Å². The topological polar surface area (TPSA) is 71.5 Å². The van der Waals surface area contributed by atoms with E-state index < -0.39 is 0 Å². The number of methoxy groups -OCH3 is 1. The standard InChI is InChI=1S/C16H16N2O3/c1-21-13-7-8-17-14(15(13)19)16(20)18-12-9-11(12)10-5-3-2-4-6-10/h2-8,11-12,19H,9H2,1H3,(H,18,20). The number of ether oxygens (including phenoxy) is 1.